The summed E-state index contributed by atoms with van der Waals surface area (Å²) in [5.74, 6) is -0.138. The zero-order valence-corrected chi connectivity index (χ0v) is 12.6. The number of ether oxygens (including phenoxy) is 1. The van der Waals surface area contributed by atoms with Crippen LogP contribution in [0.5, 0.6) is 0 Å². The largest absolute Gasteiger partial charge is 0.381 e. The summed E-state index contributed by atoms with van der Waals surface area (Å²) in [6.45, 7) is 1.48. The van der Waals surface area contributed by atoms with Gasteiger partial charge in [-0.15, -0.1) is 0 Å². The van der Waals surface area contributed by atoms with Crippen molar-refractivity contribution in [3.63, 3.8) is 0 Å². The molecule has 0 saturated carbocycles. The van der Waals surface area contributed by atoms with Gasteiger partial charge in [0.05, 0.1) is 5.52 Å². The SMILES string of the molecule is Fc1ccc(-n2c(C3CCOCC3)cc3cc(F)ccc32)cc1. The molecule has 1 saturated heterocycles. The van der Waals surface area contributed by atoms with Gasteiger partial charge >= 0.3 is 0 Å². The maximum absolute atomic E-state index is 13.6. The van der Waals surface area contributed by atoms with Crippen LogP contribution in [0.3, 0.4) is 0 Å². The van der Waals surface area contributed by atoms with E-state index in [0.717, 1.165) is 48.3 Å². The Balaban J connectivity index is 1.92. The molecule has 1 fully saturated rings. The Kier molecular flexibility index (Phi) is 3.62. The van der Waals surface area contributed by atoms with Gasteiger partial charge in [0.1, 0.15) is 11.6 Å². The molecule has 0 radical (unpaired) electrons. The van der Waals surface area contributed by atoms with Crippen LogP contribution in [0.15, 0.2) is 48.5 Å². The minimum Gasteiger partial charge on any atom is -0.381 e. The van der Waals surface area contributed by atoms with Crippen molar-refractivity contribution in [2.45, 2.75) is 18.8 Å². The average Bonchev–Trinajstić information content (AvgIpc) is 2.95. The molecule has 0 unspecified atom stereocenters. The number of rotatable bonds is 2. The number of halogens is 2. The first-order valence-electron chi connectivity index (χ1n) is 7.87. The molecule has 2 aromatic carbocycles. The summed E-state index contributed by atoms with van der Waals surface area (Å²) >= 11 is 0. The van der Waals surface area contributed by atoms with Crippen molar-refractivity contribution in [3.8, 4) is 5.69 Å². The van der Waals surface area contributed by atoms with E-state index in [9.17, 15) is 8.78 Å². The molecule has 4 heteroatoms. The number of aromatic nitrogens is 1. The monoisotopic (exact) mass is 313 g/mol. The molecule has 0 spiro atoms. The molecule has 0 atom stereocenters. The number of fused-ring (bicyclic) bond motifs is 1. The molecular formula is C19H17F2NO. The molecule has 0 amide bonds. The van der Waals surface area contributed by atoms with Crippen molar-refractivity contribution in [2.75, 3.05) is 13.2 Å². The summed E-state index contributed by atoms with van der Waals surface area (Å²) in [6, 6.07) is 13.3. The lowest BCUT2D eigenvalue weighted by Gasteiger charge is -2.24. The van der Waals surface area contributed by atoms with Gasteiger partial charge in [0.2, 0.25) is 0 Å². The smallest absolute Gasteiger partial charge is 0.123 e. The summed E-state index contributed by atoms with van der Waals surface area (Å²) in [5, 5.41) is 0.871. The molecule has 2 nitrogen and oxygen atoms in total. The number of nitrogens with zero attached hydrogens (tertiary/aromatic N) is 1. The van der Waals surface area contributed by atoms with Crippen molar-refractivity contribution in [3.05, 3.63) is 65.9 Å². The van der Waals surface area contributed by atoms with Gasteiger partial charge in [0, 0.05) is 35.9 Å². The van der Waals surface area contributed by atoms with E-state index in [0.29, 0.717) is 5.92 Å². The van der Waals surface area contributed by atoms with Crippen LogP contribution in [-0.4, -0.2) is 17.8 Å². The van der Waals surface area contributed by atoms with Crippen molar-refractivity contribution in [1.29, 1.82) is 0 Å². The number of hydrogen-bond donors (Lipinski definition) is 0. The quantitative estimate of drug-likeness (QED) is 0.662. The summed E-state index contributed by atoms with van der Waals surface area (Å²) in [5.41, 5.74) is 2.98. The maximum atomic E-state index is 13.6. The molecule has 23 heavy (non-hydrogen) atoms. The fourth-order valence-corrected chi connectivity index (χ4v) is 3.38. The van der Waals surface area contributed by atoms with E-state index in [1.165, 1.54) is 18.2 Å². The normalized spacial score (nSPS) is 16.1. The summed E-state index contributed by atoms with van der Waals surface area (Å²) in [6.07, 6.45) is 1.89. The molecule has 0 aliphatic carbocycles. The third-order valence-electron chi connectivity index (χ3n) is 4.52. The van der Waals surface area contributed by atoms with Gasteiger partial charge in [-0.1, -0.05) is 0 Å². The van der Waals surface area contributed by atoms with Gasteiger partial charge in [-0.05, 0) is 61.4 Å². The fraction of sp³-hybridized carbons (Fsp3) is 0.263. The molecule has 118 valence electrons. The standard InChI is InChI=1S/C19H17F2NO/c20-15-1-4-17(5-2-15)22-18-6-3-16(21)11-14(18)12-19(22)13-7-9-23-10-8-13/h1-6,11-13H,7-10H2. The molecule has 1 aliphatic rings. The molecule has 1 aromatic heterocycles. The lowest BCUT2D eigenvalue weighted by Crippen LogP contribution is -2.16. The fourth-order valence-electron chi connectivity index (χ4n) is 3.38. The van der Waals surface area contributed by atoms with Gasteiger partial charge in [0.25, 0.3) is 0 Å². The van der Waals surface area contributed by atoms with Crippen LogP contribution >= 0.6 is 0 Å². The Hall–Kier alpha value is -2.20. The topological polar surface area (TPSA) is 14.2 Å². The highest BCUT2D eigenvalue weighted by molar-refractivity contribution is 5.83. The Bertz CT molecular complexity index is 832. The van der Waals surface area contributed by atoms with Crippen molar-refractivity contribution in [1.82, 2.24) is 4.57 Å². The van der Waals surface area contributed by atoms with Gasteiger partial charge in [0.15, 0.2) is 0 Å². The highest BCUT2D eigenvalue weighted by atomic mass is 19.1. The average molecular weight is 313 g/mol. The second-order valence-corrected chi connectivity index (χ2v) is 5.97. The van der Waals surface area contributed by atoms with Gasteiger partial charge in [-0.25, -0.2) is 8.78 Å². The van der Waals surface area contributed by atoms with Crippen LogP contribution in [-0.2, 0) is 4.74 Å². The highest BCUT2D eigenvalue weighted by Crippen LogP contribution is 2.34. The molecule has 0 bridgehead atoms. The molecular weight excluding hydrogens is 296 g/mol. The van der Waals surface area contributed by atoms with Crippen molar-refractivity contribution < 1.29 is 13.5 Å². The third kappa shape index (κ3) is 2.63. The maximum Gasteiger partial charge on any atom is 0.123 e. The Morgan fingerprint density at radius 1 is 0.870 bits per heavy atom. The summed E-state index contributed by atoms with van der Waals surface area (Å²) < 4.78 is 34.4. The van der Waals surface area contributed by atoms with Crippen LogP contribution in [0.4, 0.5) is 8.78 Å². The van der Waals surface area contributed by atoms with Gasteiger partial charge in [-0.3, -0.25) is 0 Å². The van der Waals surface area contributed by atoms with E-state index >= 15 is 0 Å². The number of benzene rings is 2. The zero-order valence-electron chi connectivity index (χ0n) is 12.6. The Morgan fingerprint density at radius 3 is 2.30 bits per heavy atom. The first kappa shape index (κ1) is 14.4. The second kappa shape index (κ2) is 5.78. The minimum absolute atomic E-state index is 0.243. The van der Waals surface area contributed by atoms with Crippen molar-refractivity contribution in [2.24, 2.45) is 0 Å². The van der Waals surface area contributed by atoms with E-state index in [2.05, 4.69) is 10.6 Å². The minimum atomic E-state index is -0.260. The van der Waals surface area contributed by atoms with E-state index in [1.807, 2.05) is 0 Å². The zero-order chi connectivity index (χ0) is 15.8. The second-order valence-electron chi connectivity index (χ2n) is 5.97. The Morgan fingerprint density at radius 2 is 1.57 bits per heavy atom. The predicted molar refractivity (Wildman–Crippen MR) is 86.0 cm³/mol. The molecule has 4 rings (SSSR count). The number of hydrogen-bond acceptors (Lipinski definition) is 1. The lowest BCUT2D eigenvalue weighted by atomic mass is 9.96. The molecule has 3 aromatic rings. The Labute approximate surface area is 133 Å². The van der Waals surface area contributed by atoms with Crippen LogP contribution in [0.25, 0.3) is 16.6 Å². The van der Waals surface area contributed by atoms with Crippen LogP contribution in [0.1, 0.15) is 24.5 Å². The van der Waals surface area contributed by atoms with E-state index < -0.39 is 0 Å². The summed E-state index contributed by atoms with van der Waals surface area (Å²) in [7, 11) is 0. The van der Waals surface area contributed by atoms with E-state index in [-0.39, 0.29) is 11.6 Å². The van der Waals surface area contributed by atoms with E-state index in [1.54, 1.807) is 24.3 Å². The predicted octanol–water partition coefficient (Wildman–Crippen LogP) is 4.80. The van der Waals surface area contributed by atoms with E-state index in [4.69, 9.17) is 4.74 Å². The van der Waals surface area contributed by atoms with Crippen LogP contribution in [0, 0.1) is 11.6 Å². The lowest BCUT2D eigenvalue weighted by molar-refractivity contribution is 0.0842. The van der Waals surface area contributed by atoms with Gasteiger partial charge in [-0.2, -0.15) is 0 Å². The summed E-state index contributed by atoms with van der Waals surface area (Å²) in [4.78, 5) is 0. The highest BCUT2D eigenvalue weighted by Gasteiger charge is 2.22. The van der Waals surface area contributed by atoms with Gasteiger partial charge < -0.3 is 9.30 Å². The molecule has 1 aliphatic heterocycles. The van der Waals surface area contributed by atoms with Crippen LogP contribution < -0.4 is 0 Å². The first-order valence-corrected chi connectivity index (χ1v) is 7.87. The van der Waals surface area contributed by atoms with Crippen molar-refractivity contribution >= 4 is 10.9 Å². The third-order valence-corrected chi connectivity index (χ3v) is 4.52. The molecule has 0 N–H and O–H groups in total. The van der Waals surface area contributed by atoms with Crippen LogP contribution in [0.2, 0.25) is 0 Å². The molecule has 2 heterocycles. The first-order chi connectivity index (χ1) is 11.2.